The molecule has 22 heavy (non-hydrogen) atoms. The summed E-state index contributed by atoms with van der Waals surface area (Å²) in [5.74, 6) is 0.433. The summed E-state index contributed by atoms with van der Waals surface area (Å²) >= 11 is 3.36. The lowest BCUT2D eigenvalue weighted by molar-refractivity contribution is -0.386. The maximum Gasteiger partial charge on any atom is 0.311 e. The van der Waals surface area contributed by atoms with E-state index in [9.17, 15) is 14.5 Å². The molecule has 0 atom stereocenters. The standard InChI is InChI=1S/C14H9BrFNO5/c15-10-5-14-13(21-7-22-14)3-8(10)6-20-12-4-9(16)1-2-11(12)17(18)19/h1-5H,6-7H2. The van der Waals surface area contributed by atoms with Gasteiger partial charge in [0.1, 0.15) is 12.4 Å². The van der Waals surface area contributed by atoms with Crippen LogP contribution in [0, 0.1) is 15.9 Å². The summed E-state index contributed by atoms with van der Waals surface area (Å²) in [6.45, 7) is 0.156. The van der Waals surface area contributed by atoms with Gasteiger partial charge in [0.25, 0.3) is 0 Å². The number of hydrogen-bond donors (Lipinski definition) is 0. The highest BCUT2D eigenvalue weighted by atomic mass is 79.9. The molecule has 0 N–H and O–H groups in total. The Labute approximate surface area is 132 Å². The molecule has 1 heterocycles. The van der Waals surface area contributed by atoms with E-state index in [0.29, 0.717) is 21.5 Å². The smallest absolute Gasteiger partial charge is 0.311 e. The number of nitro benzene ring substituents is 1. The molecule has 0 radical (unpaired) electrons. The molecule has 3 rings (SSSR count). The van der Waals surface area contributed by atoms with Gasteiger partial charge in [-0.2, -0.15) is 0 Å². The van der Waals surface area contributed by atoms with Gasteiger partial charge < -0.3 is 14.2 Å². The van der Waals surface area contributed by atoms with E-state index in [1.54, 1.807) is 12.1 Å². The van der Waals surface area contributed by atoms with Crippen molar-refractivity contribution < 1.29 is 23.5 Å². The monoisotopic (exact) mass is 369 g/mol. The summed E-state index contributed by atoms with van der Waals surface area (Å²) in [4.78, 5) is 10.3. The molecular formula is C14H9BrFNO5. The first-order chi connectivity index (χ1) is 10.5. The molecule has 0 saturated carbocycles. The van der Waals surface area contributed by atoms with E-state index in [2.05, 4.69) is 15.9 Å². The van der Waals surface area contributed by atoms with Gasteiger partial charge in [0.15, 0.2) is 17.2 Å². The SMILES string of the molecule is O=[N+]([O-])c1ccc(F)cc1OCc1cc2c(cc1Br)OCO2. The quantitative estimate of drug-likeness (QED) is 0.605. The van der Waals surface area contributed by atoms with Crippen molar-refractivity contribution in [1.29, 1.82) is 0 Å². The average molecular weight is 370 g/mol. The Bertz CT molecular complexity index is 752. The Hall–Kier alpha value is -2.35. The fourth-order valence-corrected chi connectivity index (χ4v) is 2.42. The predicted octanol–water partition coefficient (Wildman–Crippen LogP) is 3.80. The molecule has 6 nitrogen and oxygen atoms in total. The number of rotatable bonds is 4. The molecule has 1 aliphatic rings. The van der Waals surface area contributed by atoms with E-state index in [-0.39, 0.29) is 24.8 Å². The van der Waals surface area contributed by atoms with Crippen molar-refractivity contribution in [3.8, 4) is 17.2 Å². The lowest BCUT2D eigenvalue weighted by atomic mass is 10.2. The Morgan fingerprint density at radius 1 is 1.27 bits per heavy atom. The molecule has 1 aliphatic heterocycles. The number of hydrogen-bond acceptors (Lipinski definition) is 5. The molecule has 0 fully saturated rings. The minimum atomic E-state index is -0.622. The number of nitro groups is 1. The first-order valence-corrected chi connectivity index (χ1v) is 6.98. The first kappa shape index (κ1) is 14.6. The second kappa shape index (κ2) is 5.80. The second-order valence-corrected chi connectivity index (χ2v) is 5.31. The maximum atomic E-state index is 13.2. The molecule has 2 aromatic carbocycles. The van der Waals surface area contributed by atoms with Gasteiger partial charge in [0, 0.05) is 22.2 Å². The predicted molar refractivity (Wildman–Crippen MR) is 77.7 cm³/mol. The third kappa shape index (κ3) is 2.82. The van der Waals surface area contributed by atoms with Crippen LogP contribution >= 0.6 is 15.9 Å². The fourth-order valence-electron chi connectivity index (χ4n) is 1.98. The van der Waals surface area contributed by atoms with Crippen molar-refractivity contribution in [2.75, 3.05) is 6.79 Å². The molecule has 0 saturated heterocycles. The number of fused-ring (bicyclic) bond motifs is 1. The highest BCUT2D eigenvalue weighted by Gasteiger charge is 2.19. The van der Waals surface area contributed by atoms with Crippen LogP contribution in [0.1, 0.15) is 5.56 Å². The maximum absolute atomic E-state index is 13.2. The Morgan fingerprint density at radius 3 is 2.73 bits per heavy atom. The van der Waals surface area contributed by atoms with Crippen molar-refractivity contribution in [3.63, 3.8) is 0 Å². The summed E-state index contributed by atoms with van der Waals surface area (Å²) in [5, 5.41) is 10.9. The van der Waals surface area contributed by atoms with Gasteiger partial charge in [-0.05, 0) is 18.2 Å². The number of benzene rings is 2. The van der Waals surface area contributed by atoms with Gasteiger partial charge in [-0.25, -0.2) is 4.39 Å². The minimum absolute atomic E-state index is 0.0154. The van der Waals surface area contributed by atoms with Gasteiger partial charge in [-0.1, -0.05) is 15.9 Å². The minimum Gasteiger partial charge on any atom is -0.482 e. The van der Waals surface area contributed by atoms with Crippen LogP contribution in [0.2, 0.25) is 0 Å². The molecule has 114 valence electrons. The van der Waals surface area contributed by atoms with Crippen molar-refractivity contribution in [1.82, 2.24) is 0 Å². The summed E-state index contributed by atoms with van der Waals surface area (Å²) in [7, 11) is 0. The van der Waals surface area contributed by atoms with Gasteiger partial charge in [-0.15, -0.1) is 0 Å². The zero-order chi connectivity index (χ0) is 15.7. The molecule has 0 bridgehead atoms. The van der Waals surface area contributed by atoms with Gasteiger partial charge >= 0.3 is 5.69 Å². The van der Waals surface area contributed by atoms with Gasteiger partial charge in [0.05, 0.1) is 4.92 Å². The normalized spacial score (nSPS) is 12.3. The van der Waals surface area contributed by atoms with E-state index in [0.717, 1.165) is 18.2 Å². The van der Waals surface area contributed by atoms with Crippen LogP contribution in [0.5, 0.6) is 17.2 Å². The third-order valence-electron chi connectivity index (χ3n) is 3.04. The van der Waals surface area contributed by atoms with Crippen molar-refractivity contribution in [3.05, 3.63) is 56.3 Å². The van der Waals surface area contributed by atoms with Crippen LogP contribution in [0.3, 0.4) is 0 Å². The fraction of sp³-hybridized carbons (Fsp3) is 0.143. The van der Waals surface area contributed by atoms with Crippen LogP contribution in [0.25, 0.3) is 0 Å². The molecule has 0 spiro atoms. The molecule has 0 aromatic heterocycles. The molecule has 8 heteroatoms. The first-order valence-electron chi connectivity index (χ1n) is 6.19. The van der Waals surface area contributed by atoms with Crippen LogP contribution in [0.15, 0.2) is 34.8 Å². The van der Waals surface area contributed by atoms with Crippen molar-refractivity contribution in [2.24, 2.45) is 0 Å². The summed E-state index contributed by atoms with van der Waals surface area (Å²) in [6.07, 6.45) is 0. The zero-order valence-electron chi connectivity index (χ0n) is 11.0. The van der Waals surface area contributed by atoms with Crippen LogP contribution in [-0.2, 0) is 6.61 Å². The van der Waals surface area contributed by atoms with E-state index in [1.807, 2.05) is 0 Å². The zero-order valence-corrected chi connectivity index (χ0v) is 12.6. The van der Waals surface area contributed by atoms with Crippen molar-refractivity contribution >= 4 is 21.6 Å². The van der Waals surface area contributed by atoms with Crippen LogP contribution in [0.4, 0.5) is 10.1 Å². The number of halogens is 2. The molecule has 0 aliphatic carbocycles. The van der Waals surface area contributed by atoms with Crippen molar-refractivity contribution in [2.45, 2.75) is 6.61 Å². The topological polar surface area (TPSA) is 70.8 Å². The summed E-state index contributed by atoms with van der Waals surface area (Å²) in [6, 6.07) is 6.50. The second-order valence-electron chi connectivity index (χ2n) is 4.45. The Kier molecular flexibility index (Phi) is 3.84. The number of nitrogens with zero attached hydrogens (tertiary/aromatic N) is 1. The van der Waals surface area contributed by atoms with E-state index < -0.39 is 10.7 Å². The van der Waals surface area contributed by atoms with Gasteiger partial charge in [-0.3, -0.25) is 10.1 Å². The van der Waals surface area contributed by atoms with E-state index in [1.165, 1.54) is 0 Å². The average Bonchev–Trinajstić information content (AvgIpc) is 2.91. The number of ether oxygens (including phenoxy) is 3. The van der Waals surface area contributed by atoms with E-state index in [4.69, 9.17) is 14.2 Å². The Morgan fingerprint density at radius 2 is 2.00 bits per heavy atom. The lowest BCUT2D eigenvalue weighted by Gasteiger charge is -2.09. The van der Waals surface area contributed by atoms with E-state index >= 15 is 0 Å². The third-order valence-corrected chi connectivity index (χ3v) is 3.78. The molecule has 2 aromatic rings. The summed E-state index contributed by atoms with van der Waals surface area (Å²) < 4.78 is 29.8. The Balaban J connectivity index is 1.84. The highest BCUT2D eigenvalue weighted by molar-refractivity contribution is 9.10. The molecule has 0 amide bonds. The largest absolute Gasteiger partial charge is 0.482 e. The van der Waals surface area contributed by atoms with Crippen LogP contribution < -0.4 is 14.2 Å². The summed E-state index contributed by atoms with van der Waals surface area (Å²) in [5.41, 5.74) is 0.404. The lowest BCUT2D eigenvalue weighted by Crippen LogP contribution is -2.00. The molecule has 0 unspecified atom stereocenters. The highest BCUT2D eigenvalue weighted by Crippen LogP contribution is 2.37. The molecular weight excluding hydrogens is 361 g/mol. The van der Waals surface area contributed by atoms with Gasteiger partial charge in [0.2, 0.25) is 6.79 Å². The van der Waals surface area contributed by atoms with Crippen LogP contribution in [-0.4, -0.2) is 11.7 Å².